The number of hydrogen-bond acceptors (Lipinski definition) is 6. The molecule has 35 heavy (non-hydrogen) atoms. The van der Waals surface area contributed by atoms with Crippen LogP contribution in [0.3, 0.4) is 0 Å². The van der Waals surface area contributed by atoms with Gasteiger partial charge in [0.15, 0.2) is 0 Å². The number of rotatable bonds is 11. The number of benzene rings is 2. The van der Waals surface area contributed by atoms with Gasteiger partial charge in [-0.05, 0) is 43.7 Å². The summed E-state index contributed by atoms with van der Waals surface area (Å²) in [4.78, 5) is 27.9. The largest absolute Gasteiger partial charge is 0.490 e. The van der Waals surface area contributed by atoms with E-state index >= 15 is 0 Å². The Labute approximate surface area is 205 Å². The predicted molar refractivity (Wildman–Crippen MR) is 135 cm³/mol. The lowest BCUT2D eigenvalue weighted by Crippen LogP contribution is -2.20. The van der Waals surface area contributed by atoms with Crippen molar-refractivity contribution in [3.05, 3.63) is 83.6 Å². The summed E-state index contributed by atoms with van der Waals surface area (Å²) in [6, 6.07) is 17.8. The highest BCUT2D eigenvalue weighted by molar-refractivity contribution is 6.04. The molecule has 0 bridgehead atoms. The van der Waals surface area contributed by atoms with E-state index in [2.05, 4.69) is 10.3 Å². The molecule has 0 saturated carbocycles. The van der Waals surface area contributed by atoms with Gasteiger partial charge in [0.2, 0.25) is 0 Å². The highest BCUT2D eigenvalue weighted by atomic mass is 16.5. The van der Waals surface area contributed by atoms with Crippen LogP contribution in [-0.4, -0.2) is 47.9 Å². The minimum absolute atomic E-state index is 0. The van der Waals surface area contributed by atoms with Crippen LogP contribution >= 0.6 is 0 Å². The van der Waals surface area contributed by atoms with Gasteiger partial charge in [0, 0.05) is 31.4 Å². The number of carbonyl (C=O) groups is 2. The number of carbonyl (C=O) groups excluding carboxylic acids is 1. The molecular formula is C27H32N2O6. The first-order chi connectivity index (χ1) is 16.3. The van der Waals surface area contributed by atoms with Gasteiger partial charge in [0.05, 0.1) is 18.3 Å². The van der Waals surface area contributed by atoms with E-state index in [1.807, 2.05) is 44.2 Å². The summed E-state index contributed by atoms with van der Waals surface area (Å²) >= 11 is 0. The molecule has 2 unspecified atom stereocenters. The summed E-state index contributed by atoms with van der Waals surface area (Å²) in [7, 11) is 1.59. The first-order valence-electron chi connectivity index (χ1n) is 10.9. The van der Waals surface area contributed by atoms with Crippen molar-refractivity contribution in [1.82, 2.24) is 4.98 Å². The van der Waals surface area contributed by atoms with E-state index in [0.29, 0.717) is 30.1 Å². The first kappa shape index (κ1) is 27.3. The summed E-state index contributed by atoms with van der Waals surface area (Å²) in [6.45, 7) is 4.21. The van der Waals surface area contributed by atoms with E-state index in [1.54, 1.807) is 25.3 Å². The molecule has 2 N–H and O–H groups in total. The third-order valence-corrected chi connectivity index (χ3v) is 4.84. The number of methoxy groups -OCH3 is 1. The standard InChI is InChI=1S/C26H28N2O6.CH4/c1-17(11-19-7-5-4-6-8-19)33-22-12-21(13-23(14-22)34-18(2)16-32-3)25(29)28-24-10-9-20(15-27-24)26(30)31;/h4-10,12-15,17-18H,11,16H2,1-3H3,(H,30,31)(H,27,28,29);1H4. The van der Waals surface area contributed by atoms with Crippen LogP contribution in [0.15, 0.2) is 66.9 Å². The van der Waals surface area contributed by atoms with E-state index in [4.69, 9.17) is 19.3 Å². The molecule has 0 spiro atoms. The zero-order chi connectivity index (χ0) is 24.5. The lowest BCUT2D eigenvalue weighted by atomic mass is 10.1. The van der Waals surface area contributed by atoms with Crippen LogP contribution in [0.4, 0.5) is 5.82 Å². The van der Waals surface area contributed by atoms with Crippen LogP contribution in [0, 0.1) is 0 Å². The third kappa shape index (κ3) is 8.42. The van der Waals surface area contributed by atoms with E-state index in [9.17, 15) is 9.59 Å². The molecule has 2 atom stereocenters. The molecule has 0 aliphatic rings. The molecule has 0 saturated heterocycles. The van der Waals surface area contributed by atoms with Gasteiger partial charge < -0.3 is 24.6 Å². The summed E-state index contributed by atoms with van der Waals surface area (Å²) in [6.07, 6.45) is 1.51. The van der Waals surface area contributed by atoms with Crippen LogP contribution in [0.2, 0.25) is 0 Å². The Hall–Kier alpha value is -3.91. The topological polar surface area (TPSA) is 107 Å². The number of nitrogens with one attached hydrogen (secondary N) is 1. The third-order valence-electron chi connectivity index (χ3n) is 4.84. The maximum absolute atomic E-state index is 12.9. The molecule has 1 heterocycles. The van der Waals surface area contributed by atoms with Gasteiger partial charge in [-0.15, -0.1) is 0 Å². The smallest absolute Gasteiger partial charge is 0.337 e. The number of aromatic carboxylic acids is 1. The van der Waals surface area contributed by atoms with Crippen LogP contribution in [0.5, 0.6) is 11.5 Å². The number of carboxylic acid groups (broad SMARTS) is 1. The fraction of sp³-hybridized carbons (Fsp3) is 0.296. The number of pyridine rings is 1. The lowest BCUT2D eigenvalue weighted by Gasteiger charge is -2.19. The molecule has 0 radical (unpaired) electrons. The minimum Gasteiger partial charge on any atom is -0.490 e. The molecule has 0 aliphatic carbocycles. The second-order valence-electron chi connectivity index (χ2n) is 7.89. The van der Waals surface area contributed by atoms with E-state index in [-0.39, 0.29) is 31.0 Å². The normalized spacial score (nSPS) is 12.1. The molecule has 0 aliphatic heterocycles. The Kier molecular flexibility index (Phi) is 10.2. The first-order valence-corrected chi connectivity index (χ1v) is 10.9. The summed E-state index contributed by atoms with van der Waals surface area (Å²) in [5.41, 5.74) is 1.49. The van der Waals surface area contributed by atoms with E-state index < -0.39 is 11.9 Å². The van der Waals surface area contributed by atoms with Crippen molar-refractivity contribution >= 4 is 17.7 Å². The molecule has 186 valence electrons. The minimum atomic E-state index is -1.09. The number of ether oxygens (including phenoxy) is 3. The van der Waals surface area contributed by atoms with E-state index in [1.165, 1.54) is 18.3 Å². The summed E-state index contributed by atoms with van der Waals surface area (Å²) in [5.74, 6) is -0.333. The SMILES string of the molecule is C.COCC(C)Oc1cc(OC(C)Cc2ccccc2)cc(C(=O)Nc2ccc(C(=O)O)cn2)c1. The maximum atomic E-state index is 12.9. The molecule has 0 fully saturated rings. The Morgan fingerprint density at radius 2 is 1.60 bits per heavy atom. The quantitative estimate of drug-likeness (QED) is 0.393. The van der Waals surface area contributed by atoms with Crippen molar-refractivity contribution < 1.29 is 28.9 Å². The molecule has 2 aromatic carbocycles. The van der Waals surface area contributed by atoms with Gasteiger partial charge >= 0.3 is 5.97 Å². The molecular weight excluding hydrogens is 448 g/mol. The van der Waals surface area contributed by atoms with Gasteiger partial charge in [-0.1, -0.05) is 37.8 Å². The predicted octanol–water partition coefficient (Wildman–Crippen LogP) is 5.09. The average molecular weight is 481 g/mol. The second-order valence-corrected chi connectivity index (χ2v) is 7.89. The van der Waals surface area contributed by atoms with Crippen molar-refractivity contribution in [2.75, 3.05) is 19.0 Å². The number of anilines is 1. The number of nitrogens with zero attached hydrogens (tertiary/aromatic N) is 1. The lowest BCUT2D eigenvalue weighted by molar-refractivity contribution is 0.0696. The number of aromatic nitrogens is 1. The van der Waals surface area contributed by atoms with Crippen LogP contribution in [0.1, 0.15) is 47.6 Å². The van der Waals surface area contributed by atoms with Gasteiger partial charge in [0.25, 0.3) is 5.91 Å². The number of hydrogen-bond donors (Lipinski definition) is 2. The highest BCUT2D eigenvalue weighted by Gasteiger charge is 2.15. The van der Waals surface area contributed by atoms with Crippen molar-refractivity contribution in [2.45, 2.75) is 39.9 Å². The zero-order valence-electron chi connectivity index (χ0n) is 19.4. The molecule has 1 amide bonds. The zero-order valence-corrected chi connectivity index (χ0v) is 19.4. The molecule has 8 nitrogen and oxygen atoms in total. The van der Waals surface area contributed by atoms with Crippen molar-refractivity contribution in [3.63, 3.8) is 0 Å². The molecule has 1 aromatic heterocycles. The summed E-state index contributed by atoms with van der Waals surface area (Å²) < 4.78 is 17.2. The molecule has 8 heteroatoms. The average Bonchev–Trinajstić information content (AvgIpc) is 2.80. The van der Waals surface area contributed by atoms with Crippen molar-refractivity contribution in [3.8, 4) is 11.5 Å². The van der Waals surface area contributed by atoms with Crippen molar-refractivity contribution in [1.29, 1.82) is 0 Å². The Balaban J connectivity index is 0.00000432. The van der Waals surface area contributed by atoms with E-state index in [0.717, 1.165) is 5.56 Å². The highest BCUT2D eigenvalue weighted by Crippen LogP contribution is 2.26. The van der Waals surface area contributed by atoms with Gasteiger partial charge in [-0.2, -0.15) is 0 Å². The van der Waals surface area contributed by atoms with Crippen LogP contribution < -0.4 is 14.8 Å². The number of carboxylic acids is 1. The van der Waals surface area contributed by atoms with Gasteiger partial charge in [0.1, 0.15) is 23.4 Å². The Bertz CT molecular complexity index is 1100. The summed E-state index contributed by atoms with van der Waals surface area (Å²) in [5, 5.41) is 11.7. The molecule has 3 aromatic rings. The number of amides is 1. The van der Waals surface area contributed by atoms with Gasteiger partial charge in [-0.25, -0.2) is 9.78 Å². The fourth-order valence-corrected chi connectivity index (χ4v) is 3.34. The second kappa shape index (κ2) is 13.1. The fourth-order valence-electron chi connectivity index (χ4n) is 3.34. The Morgan fingerprint density at radius 1 is 0.943 bits per heavy atom. The van der Waals surface area contributed by atoms with Crippen LogP contribution in [0.25, 0.3) is 0 Å². The molecule has 3 rings (SSSR count). The van der Waals surface area contributed by atoms with Crippen LogP contribution in [-0.2, 0) is 11.2 Å². The Morgan fingerprint density at radius 3 is 2.17 bits per heavy atom. The maximum Gasteiger partial charge on any atom is 0.337 e. The van der Waals surface area contributed by atoms with Crippen molar-refractivity contribution in [2.24, 2.45) is 0 Å². The monoisotopic (exact) mass is 480 g/mol. The van der Waals surface area contributed by atoms with Gasteiger partial charge in [-0.3, -0.25) is 4.79 Å².